The van der Waals surface area contributed by atoms with Gasteiger partial charge in [0.1, 0.15) is 5.54 Å². The van der Waals surface area contributed by atoms with E-state index in [-0.39, 0.29) is 0 Å². The first-order valence-electron chi connectivity index (χ1n) is 6.11. The average molecular weight is 243 g/mol. The van der Waals surface area contributed by atoms with Crippen molar-refractivity contribution in [2.45, 2.75) is 25.4 Å². The molecule has 0 amide bonds. The molecule has 0 radical (unpaired) electrons. The fourth-order valence-corrected chi connectivity index (χ4v) is 2.55. The first kappa shape index (κ1) is 14.4. The second-order valence-corrected chi connectivity index (χ2v) is 5.59. The number of likely N-dealkylation sites (tertiary alicyclic amines) is 1. The molecule has 0 spiro atoms. The summed E-state index contributed by atoms with van der Waals surface area (Å²) >= 11 is 0. The van der Waals surface area contributed by atoms with E-state index < -0.39 is 11.5 Å². The van der Waals surface area contributed by atoms with E-state index >= 15 is 0 Å². The quantitative estimate of drug-likeness (QED) is 0.708. The highest BCUT2D eigenvalue weighted by molar-refractivity contribution is 5.78. The van der Waals surface area contributed by atoms with Gasteiger partial charge in [0, 0.05) is 25.7 Å². The Morgan fingerprint density at radius 2 is 2.12 bits per heavy atom. The molecule has 17 heavy (non-hydrogen) atoms. The van der Waals surface area contributed by atoms with E-state index in [1.807, 2.05) is 0 Å². The monoisotopic (exact) mass is 243 g/mol. The predicted octanol–water partition coefficient (Wildman–Crippen LogP) is -0.0690. The van der Waals surface area contributed by atoms with Crippen LogP contribution in [0.4, 0.5) is 0 Å². The van der Waals surface area contributed by atoms with Gasteiger partial charge in [-0.05, 0) is 34.0 Å². The minimum absolute atomic E-state index is 0.518. The molecule has 0 aromatic rings. The van der Waals surface area contributed by atoms with Gasteiger partial charge in [0.15, 0.2) is 0 Å². The Labute approximate surface area is 104 Å². The lowest BCUT2D eigenvalue weighted by Gasteiger charge is -2.30. The van der Waals surface area contributed by atoms with E-state index in [4.69, 9.17) is 0 Å². The van der Waals surface area contributed by atoms with Crippen LogP contribution < -0.4 is 5.32 Å². The van der Waals surface area contributed by atoms with Crippen LogP contribution in [0.25, 0.3) is 0 Å². The van der Waals surface area contributed by atoms with Crippen LogP contribution in [0.15, 0.2) is 0 Å². The fourth-order valence-electron chi connectivity index (χ4n) is 2.55. The largest absolute Gasteiger partial charge is 0.480 e. The molecule has 100 valence electrons. The smallest absolute Gasteiger partial charge is 0.324 e. The maximum Gasteiger partial charge on any atom is 0.324 e. The van der Waals surface area contributed by atoms with E-state index in [9.17, 15) is 9.90 Å². The van der Waals surface area contributed by atoms with Gasteiger partial charge in [-0.25, -0.2) is 0 Å². The van der Waals surface area contributed by atoms with Gasteiger partial charge in [0.2, 0.25) is 0 Å². The molecule has 1 saturated heterocycles. The average Bonchev–Trinajstić information content (AvgIpc) is 2.59. The molecule has 0 aliphatic carbocycles. The zero-order valence-corrected chi connectivity index (χ0v) is 11.5. The molecule has 0 aromatic heterocycles. The summed E-state index contributed by atoms with van der Waals surface area (Å²) in [4.78, 5) is 15.7. The Hall–Kier alpha value is -0.650. The van der Waals surface area contributed by atoms with Crippen LogP contribution >= 0.6 is 0 Å². The van der Waals surface area contributed by atoms with Crippen molar-refractivity contribution >= 4 is 5.97 Å². The van der Waals surface area contributed by atoms with Gasteiger partial charge < -0.3 is 15.3 Å². The number of carboxylic acid groups (broad SMARTS) is 1. The van der Waals surface area contributed by atoms with Crippen LogP contribution in [0.3, 0.4) is 0 Å². The lowest BCUT2D eigenvalue weighted by Crippen LogP contribution is -2.55. The minimum atomic E-state index is -0.860. The van der Waals surface area contributed by atoms with Gasteiger partial charge in [-0.2, -0.15) is 0 Å². The van der Waals surface area contributed by atoms with Crippen molar-refractivity contribution in [1.29, 1.82) is 0 Å². The summed E-state index contributed by atoms with van der Waals surface area (Å²) in [6.07, 6.45) is 0. The first-order valence-corrected chi connectivity index (χ1v) is 6.11. The molecule has 1 rings (SSSR count). The van der Waals surface area contributed by atoms with E-state index in [1.165, 1.54) is 0 Å². The Morgan fingerprint density at radius 1 is 1.53 bits per heavy atom. The summed E-state index contributed by atoms with van der Waals surface area (Å²) in [5, 5.41) is 12.1. The van der Waals surface area contributed by atoms with Crippen molar-refractivity contribution in [3.63, 3.8) is 0 Å². The third kappa shape index (κ3) is 3.18. The highest BCUT2D eigenvalue weighted by Crippen LogP contribution is 2.21. The molecule has 3 unspecified atom stereocenters. The maximum absolute atomic E-state index is 11.2. The van der Waals surface area contributed by atoms with Crippen molar-refractivity contribution in [3.05, 3.63) is 0 Å². The normalized spacial score (nSPS) is 29.5. The number of hydrogen-bond acceptors (Lipinski definition) is 4. The maximum atomic E-state index is 11.2. The van der Waals surface area contributed by atoms with Gasteiger partial charge in [-0.3, -0.25) is 9.69 Å². The molecule has 1 heterocycles. The number of nitrogens with one attached hydrogen (secondary N) is 1. The van der Waals surface area contributed by atoms with Crippen LogP contribution in [0.1, 0.15) is 13.8 Å². The predicted molar refractivity (Wildman–Crippen MR) is 68.2 cm³/mol. The fraction of sp³-hybridized carbons (Fsp3) is 0.917. The van der Waals surface area contributed by atoms with Gasteiger partial charge in [0.05, 0.1) is 0 Å². The van der Waals surface area contributed by atoms with Crippen LogP contribution in [-0.2, 0) is 4.79 Å². The van der Waals surface area contributed by atoms with Crippen LogP contribution in [0.5, 0.6) is 0 Å². The van der Waals surface area contributed by atoms with Crippen molar-refractivity contribution in [3.8, 4) is 0 Å². The number of nitrogens with zero attached hydrogens (tertiary/aromatic N) is 2. The summed E-state index contributed by atoms with van der Waals surface area (Å²) < 4.78 is 0. The molecule has 0 aromatic carbocycles. The molecule has 5 heteroatoms. The van der Waals surface area contributed by atoms with Gasteiger partial charge in [-0.15, -0.1) is 0 Å². The molecular formula is C12H25N3O2. The molecule has 0 saturated carbocycles. The van der Waals surface area contributed by atoms with E-state index in [1.54, 1.807) is 14.0 Å². The van der Waals surface area contributed by atoms with Crippen LogP contribution in [0.2, 0.25) is 0 Å². The number of carbonyl (C=O) groups is 1. The summed E-state index contributed by atoms with van der Waals surface area (Å²) in [5.74, 6) is -0.208. The lowest BCUT2D eigenvalue weighted by atomic mass is 10.0. The molecular weight excluding hydrogens is 218 g/mol. The summed E-state index contributed by atoms with van der Waals surface area (Å²) in [5.41, 5.74) is -0.860. The summed E-state index contributed by atoms with van der Waals surface area (Å²) in [6.45, 7) is 6.42. The van der Waals surface area contributed by atoms with Crippen LogP contribution in [0, 0.1) is 5.92 Å². The topological polar surface area (TPSA) is 55.8 Å². The molecule has 3 atom stereocenters. The molecule has 1 aliphatic rings. The molecule has 1 fully saturated rings. The first-order chi connectivity index (χ1) is 7.80. The third-order valence-corrected chi connectivity index (χ3v) is 3.88. The van der Waals surface area contributed by atoms with Crippen molar-refractivity contribution in [1.82, 2.24) is 15.1 Å². The summed E-state index contributed by atoms with van der Waals surface area (Å²) in [6, 6.07) is 0.518. The van der Waals surface area contributed by atoms with E-state index in [0.717, 1.165) is 13.1 Å². The standard InChI is InChI=1S/C12H25N3O2/c1-9-6-15(7-10(9)14(4)5)8-12(2,13-3)11(16)17/h9-10,13H,6-8H2,1-5H3,(H,16,17). The Bertz CT molecular complexity index is 283. The summed E-state index contributed by atoms with van der Waals surface area (Å²) in [7, 11) is 5.87. The molecule has 2 N–H and O–H groups in total. The number of likely N-dealkylation sites (N-methyl/N-ethyl adjacent to an activating group) is 2. The SMILES string of the molecule is CNC(C)(CN1CC(C)C(N(C)C)C1)C(=O)O. The molecule has 1 aliphatic heterocycles. The number of rotatable bonds is 5. The van der Waals surface area contributed by atoms with Crippen molar-refractivity contribution in [2.75, 3.05) is 40.8 Å². The van der Waals surface area contributed by atoms with E-state index in [2.05, 4.69) is 36.1 Å². The van der Waals surface area contributed by atoms with E-state index in [0.29, 0.717) is 18.5 Å². The Kier molecular flexibility index (Phi) is 4.52. The second-order valence-electron chi connectivity index (χ2n) is 5.59. The molecule has 0 bridgehead atoms. The number of carboxylic acids is 1. The number of aliphatic carboxylic acids is 1. The van der Waals surface area contributed by atoms with Crippen molar-refractivity contribution < 1.29 is 9.90 Å². The Balaban J connectivity index is 2.63. The minimum Gasteiger partial charge on any atom is -0.480 e. The van der Waals surface area contributed by atoms with Gasteiger partial charge in [0.25, 0.3) is 0 Å². The molecule has 5 nitrogen and oxygen atoms in total. The van der Waals surface area contributed by atoms with Crippen molar-refractivity contribution in [2.24, 2.45) is 5.92 Å². The second kappa shape index (κ2) is 5.33. The highest BCUT2D eigenvalue weighted by Gasteiger charge is 2.38. The zero-order valence-electron chi connectivity index (χ0n) is 11.5. The number of hydrogen-bond donors (Lipinski definition) is 2. The van der Waals surface area contributed by atoms with Gasteiger partial charge >= 0.3 is 5.97 Å². The third-order valence-electron chi connectivity index (χ3n) is 3.88. The highest BCUT2D eigenvalue weighted by atomic mass is 16.4. The lowest BCUT2D eigenvalue weighted by molar-refractivity contribution is -0.144. The van der Waals surface area contributed by atoms with Gasteiger partial charge in [-0.1, -0.05) is 6.92 Å². The van der Waals surface area contributed by atoms with Crippen LogP contribution in [-0.4, -0.2) is 73.2 Å². The Morgan fingerprint density at radius 3 is 2.47 bits per heavy atom. The zero-order chi connectivity index (χ0) is 13.2.